The third-order valence-electron chi connectivity index (χ3n) is 6.58. The number of rotatable bonds is 12. The van der Waals surface area contributed by atoms with E-state index in [0.29, 0.717) is 47.6 Å². The monoisotopic (exact) mass is 538 g/mol. The molecule has 2 amide bonds. The van der Waals surface area contributed by atoms with Gasteiger partial charge in [-0.3, -0.25) is 9.59 Å². The maximum Gasteiger partial charge on any atom is 0.255 e. The molecular weight excluding hydrogens is 500 g/mol. The first-order chi connectivity index (χ1) is 19.3. The Kier molecular flexibility index (Phi) is 9.79. The van der Waals surface area contributed by atoms with Crippen molar-refractivity contribution in [3.63, 3.8) is 0 Å². The summed E-state index contributed by atoms with van der Waals surface area (Å²) in [7, 11) is 0. The normalized spacial score (nSPS) is 11.1. The molecule has 0 bridgehead atoms. The molecule has 40 heavy (non-hydrogen) atoms. The molecule has 6 heteroatoms. The van der Waals surface area contributed by atoms with Gasteiger partial charge in [0.15, 0.2) is 0 Å². The minimum Gasteiger partial charge on any atom is -0.494 e. The fourth-order valence-electron chi connectivity index (χ4n) is 4.15. The largest absolute Gasteiger partial charge is 0.494 e. The molecule has 6 nitrogen and oxygen atoms in total. The first-order valence-corrected chi connectivity index (χ1v) is 13.9. The summed E-state index contributed by atoms with van der Waals surface area (Å²) in [5, 5.41) is 7.69. The highest BCUT2D eigenvalue weighted by Gasteiger charge is 2.13. The molecule has 0 saturated heterocycles. The molecule has 4 aromatic carbocycles. The van der Waals surface area contributed by atoms with Crippen molar-refractivity contribution >= 4 is 34.0 Å². The zero-order valence-electron chi connectivity index (χ0n) is 23.7. The molecule has 0 heterocycles. The minimum absolute atomic E-state index is 0.216. The van der Waals surface area contributed by atoms with Crippen LogP contribution in [-0.2, 0) is 0 Å². The predicted molar refractivity (Wildman–Crippen MR) is 163 cm³/mol. The summed E-state index contributed by atoms with van der Waals surface area (Å²) in [4.78, 5) is 26.0. The van der Waals surface area contributed by atoms with Crippen molar-refractivity contribution < 1.29 is 19.1 Å². The van der Waals surface area contributed by atoms with Gasteiger partial charge in [0.25, 0.3) is 11.8 Å². The minimum atomic E-state index is -0.216. The quantitative estimate of drug-likeness (QED) is 0.191. The zero-order valence-corrected chi connectivity index (χ0v) is 23.7. The van der Waals surface area contributed by atoms with Gasteiger partial charge in [-0.15, -0.1) is 0 Å². The van der Waals surface area contributed by atoms with Crippen LogP contribution >= 0.6 is 0 Å². The number of benzene rings is 4. The van der Waals surface area contributed by atoms with Gasteiger partial charge in [-0.1, -0.05) is 52.0 Å². The van der Waals surface area contributed by atoms with Gasteiger partial charge < -0.3 is 20.1 Å². The van der Waals surface area contributed by atoms with E-state index in [4.69, 9.17) is 9.47 Å². The van der Waals surface area contributed by atoms with Crippen molar-refractivity contribution in [2.75, 3.05) is 23.8 Å². The van der Waals surface area contributed by atoms with Crippen LogP contribution in [0.3, 0.4) is 0 Å². The van der Waals surface area contributed by atoms with Gasteiger partial charge in [0.05, 0.1) is 13.2 Å². The third-order valence-corrected chi connectivity index (χ3v) is 6.58. The number of ether oxygens (including phenoxy) is 2. The van der Waals surface area contributed by atoms with Crippen LogP contribution in [0, 0.1) is 11.8 Å². The lowest BCUT2D eigenvalue weighted by atomic mass is 10.1. The zero-order chi connectivity index (χ0) is 28.5. The Morgan fingerprint density at radius 1 is 0.575 bits per heavy atom. The van der Waals surface area contributed by atoms with Crippen molar-refractivity contribution in [1.82, 2.24) is 0 Å². The molecular formula is C34H38N2O4. The average Bonchev–Trinajstić information content (AvgIpc) is 2.94. The molecule has 0 aromatic heterocycles. The highest BCUT2D eigenvalue weighted by molar-refractivity contribution is 6.14. The fourth-order valence-corrected chi connectivity index (χ4v) is 4.15. The Morgan fingerprint density at radius 3 is 1.30 bits per heavy atom. The summed E-state index contributed by atoms with van der Waals surface area (Å²) >= 11 is 0. The van der Waals surface area contributed by atoms with E-state index >= 15 is 0 Å². The molecule has 0 spiro atoms. The standard InChI is InChI=1S/C34H38N2O4/c1-23(2)19-21-39-27-15-11-25(12-16-27)33(37)35-31-9-5-8-30-29(31)7-6-10-32(30)36-34(38)26-13-17-28(18-14-26)40-22-20-24(3)4/h5-18,23-24H,19-22H2,1-4H3,(H,35,37)(H,36,38). The molecule has 4 rings (SSSR count). The second kappa shape index (κ2) is 13.7. The highest BCUT2D eigenvalue weighted by atomic mass is 16.5. The van der Waals surface area contributed by atoms with Crippen LogP contribution in [0.1, 0.15) is 61.3 Å². The predicted octanol–water partition coefficient (Wildman–Crippen LogP) is 8.19. The molecule has 0 aliphatic heterocycles. The van der Waals surface area contributed by atoms with E-state index < -0.39 is 0 Å². The lowest BCUT2D eigenvalue weighted by Gasteiger charge is -2.13. The molecule has 0 unspecified atom stereocenters. The smallest absolute Gasteiger partial charge is 0.255 e. The number of carbonyl (C=O) groups is 2. The molecule has 0 saturated carbocycles. The van der Waals surface area contributed by atoms with Gasteiger partial charge in [-0.05, 0) is 85.3 Å². The van der Waals surface area contributed by atoms with Crippen molar-refractivity contribution in [3.8, 4) is 11.5 Å². The summed E-state index contributed by atoms with van der Waals surface area (Å²) in [6.45, 7) is 9.93. The topological polar surface area (TPSA) is 76.7 Å². The first-order valence-electron chi connectivity index (χ1n) is 13.9. The molecule has 0 fully saturated rings. The summed E-state index contributed by atoms with van der Waals surface area (Å²) in [5.74, 6) is 2.21. The second-order valence-corrected chi connectivity index (χ2v) is 10.7. The Bertz CT molecular complexity index is 1320. The van der Waals surface area contributed by atoms with Crippen molar-refractivity contribution in [2.45, 2.75) is 40.5 Å². The van der Waals surface area contributed by atoms with Crippen molar-refractivity contribution in [2.24, 2.45) is 11.8 Å². The van der Waals surface area contributed by atoms with Crippen molar-refractivity contribution in [1.29, 1.82) is 0 Å². The van der Waals surface area contributed by atoms with Crippen LogP contribution in [0.15, 0.2) is 84.9 Å². The molecule has 0 radical (unpaired) electrons. The summed E-state index contributed by atoms with van der Waals surface area (Å²) in [6.07, 6.45) is 1.96. The molecule has 0 atom stereocenters. The van der Waals surface area contributed by atoms with E-state index in [9.17, 15) is 9.59 Å². The maximum absolute atomic E-state index is 13.0. The van der Waals surface area contributed by atoms with E-state index in [-0.39, 0.29) is 11.8 Å². The molecule has 208 valence electrons. The Balaban J connectivity index is 1.43. The number of anilines is 2. The maximum atomic E-state index is 13.0. The lowest BCUT2D eigenvalue weighted by molar-refractivity contribution is 0.101. The lowest BCUT2D eigenvalue weighted by Crippen LogP contribution is -2.13. The van der Waals surface area contributed by atoms with Crippen molar-refractivity contribution in [3.05, 3.63) is 96.1 Å². The second-order valence-electron chi connectivity index (χ2n) is 10.7. The molecule has 4 aromatic rings. The van der Waals surface area contributed by atoms with Gasteiger partial charge in [-0.25, -0.2) is 0 Å². The van der Waals surface area contributed by atoms with E-state index in [0.717, 1.165) is 35.1 Å². The number of fused-ring (bicyclic) bond motifs is 1. The Morgan fingerprint density at radius 2 is 0.950 bits per heavy atom. The van der Waals surface area contributed by atoms with E-state index in [1.165, 1.54) is 0 Å². The molecule has 2 N–H and O–H groups in total. The highest BCUT2D eigenvalue weighted by Crippen LogP contribution is 2.30. The number of hydrogen-bond donors (Lipinski definition) is 2. The van der Waals surface area contributed by atoms with Crippen LogP contribution in [0.5, 0.6) is 11.5 Å². The van der Waals surface area contributed by atoms with E-state index in [1.54, 1.807) is 24.3 Å². The Hall–Kier alpha value is -4.32. The van der Waals surface area contributed by atoms with Gasteiger partial charge in [0, 0.05) is 33.3 Å². The summed E-state index contributed by atoms with van der Waals surface area (Å²) < 4.78 is 11.5. The SMILES string of the molecule is CC(C)CCOc1ccc(C(=O)Nc2cccc3c(NC(=O)c4ccc(OCCC(C)C)cc4)cccc23)cc1. The average molecular weight is 539 g/mol. The number of hydrogen-bond acceptors (Lipinski definition) is 4. The summed E-state index contributed by atoms with van der Waals surface area (Å²) in [5.41, 5.74) is 2.40. The van der Waals surface area contributed by atoms with E-state index in [2.05, 4.69) is 38.3 Å². The number of nitrogens with one attached hydrogen (secondary N) is 2. The van der Waals surface area contributed by atoms with Gasteiger partial charge in [0.2, 0.25) is 0 Å². The fraction of sp³-hybridized carbons (Fsp3) is 0.294. The van der Waals surface area contributed by atoms with Crippen LogP contribution in [-0.4, -0.2) is 25.0 Å². The van der Waals surface area contributed by atoms with Crippen LogP contribution in [0.4, 0.5) is 11.4 Å². The number of carbonyl (C=O) groups excluding carboxylic acids is 2. The van der Waals surface area contributed by atoms with Gasteiger partial charge in [-0.2, -0.15) is 0 Å². The van der Waals surface area contributed by atoms with Gasteiger partial charge in [0.1, 0.15) is 11.5 Å². The van der Waals surface area contributed by atoms with Crippen LogP contribution in [0.25, 0.3) is 10.8 Å². The molecule has 0 aliphatic carbocycles. The number of amides is 2. The Labute approximate surface area is 236 Å². The first kappa shape index (κ1) is 28.7. The van der Waals surface area contributed by atoms with Gasteiger partial charge >= 0.3 is 0 Å². The third kappa shape index (κ3) is 7.85. The van der Waals surface area contributed by atoms with Crippen LogP contribution < -0.4 is 20.1 Å². The summed E-state index contributed by atoms with van der Waals surface area (Å²) in [6, 6.07) is 25.6. The van der Waals surface area contributed by atoms with E-state index in [1.807, 2.05) is 60.7 Å². The van der Waals surface area contributed by atoms with Crippen LogP contribution in [0.2, 0.25) is 0 Å². The molecule has 0 aliphatic rings.